The van der Waals surface area contributed by atoms with Crippen LogP contribution in [0.2, 0.25) is 5.02 Å². The Bertz CT molecular complexity index is 407. The normalized spacial score (nSPS) is 27.4. The van der Waals surface area contributed by atoms with Gasteiger partial charge in [-0.1, -0.05) is 18.5 Å². The van der Waals surface area contributed by atoms with E-state index < -0.39 is 0 Å². The highest BCUT2D eigenvalue weighted by Gasteiger charge is 2.32. The first-order valence-electron chi connectivity index (χ1n) is 6.65. The molecule has 1 N–H and O–H groups in total. The molecule has 0 aromatic heterocycles. The zero-order valence-electron chi connectivity index (χ0n) is 11.4. The summed E-state index contributed by atoms with van der Waals surface area (Å²) in [4.78, 5) is 0. The maximum atomic E-state index is 6.08. The van der Waals surface area contributed by atoms with Gasteiger partial charge >= 0.3 is 0 Å². The summed E-state index contributed by atoms with van der Waals surface area (Å²) in [5.74, 6) is 2.38. The molecule has 0 aliphatic heterocycles. The van der Waals surface area contributed by atoms with Crippen LogP contribution in [0, 0.1) is 11.8 Å². The lowest BCUT2D eigenvalue weighted by molar-refractivity contribution is 0.355. The minimum Gasteiger partial charge on any atom is -0.496 e. The summed E-state index contributed by atoms with van der Waals surface area (Å²) in [6, 6.07) is 6.55. The van der Waals surface area contributed by atoms with Crippen molar-refractivity contribution in [3.05, 3.63) is 28.8 Å². The second kappa shape index (κ2) is 5.94. The second-order valence-electron chi connectivity index (χ2n) is 5.25. The van der Waals surface area contributed by atoms with E-state index in [4.69, 9.17) is 16.3 Å². The van der Waals surface area contributed by atoms with Gasteiger partial charge in [-0.15, -0.1) is 0 Å². The van der Waals surface area contributed by atoms with Crippen molar-refractivity contribution < 1.29 is 4.74 Å². The molecule has 3 heteroatoms. The number of ether oxygens (including phenoxy) is 1. The lowest BCUT2D eigenvalue weighted by Gasteiger charge is -2.21. The molecular formula is C15H22ClNO. The zero-order chi connectivity index (χ0) is 13.1. The van der Waals surface area contributed by atoms with E-state index in [0.29, 0.717) is 12.0 Å². The molecule has 1 aromatic rings. The van der Waals surface area contributed by atoms with Gasteiger partial charge in [0, 0.05) is 11.1 Å². The van der Waals surface area contributed by atoms with Crippen molar-refractivity contribution in [2.75, 3.05) is 14.2 Å². The van der Waals surface area contributed by atoms with Crippen molar-refractivity contribution in [3.63, 3.8) is 0 Å². The van der Waals surface area contributed by atoms with Gasteiger partial charge in [0.2, 0.25) is 0 Å². The van der Waals surface area contributed by atoms with E-state index >= 15 is 0 Å². The average molecular weight is 268 g/mol. The van der Waals surface area contributed by atoms with Crippen molar-refractivity contribution in [3.8, 4) is 5.75 Å². The predicted octanol–water partition coefficient (Wildman–Crippen LogP) is 3.53. The van der Waals surface area contributed by atoms with Crippen molar-refractivity contribution in [1.82, 2.24) is 5.32 Å². The molecule has 2 nitrogen and oxygen atoms in total. The van der Waals surface area contributed by atoms with Crippen molar-refractivity contribution in [2.45, 2.75) is 32.2 Å². The van der Waals surface area contributed by atoms with Gasteiger partial charge in [0.25, 0.3) is 0 Å². The van der Waals surface area contributed by atoms with Crippen LogP contribution in [0.4, 0.5) is 0 Å². The molecule has 0 amide bonds. The van der Waals surface area contributed by atoms with Crippen LogP contribution in [0.3, 0.4) is 0 Å². The third kappa shape index (κ3) is 2.81. The van der Waals surface area contributed by atoms with Crippen LogP contribution in [0.5, 0.6) is 5.75 Å². The fraction of sp³-hybridized carbons (Fsp3) is 0.600. The Hall–Kier alpha value is -0.730. The molecule has 2 rings (SSSR count). The van der Waals surface area contributed by atoms with E-state index in [2.05, 4.69) is 19.3 Å². The number of benzene rings is 1. The average Bonchev–Trinajstić information content (AvgIpc) is 2.71. The van der Waals surface area contributed by atoms with Gasteiger partial charge in [0.15, 0.2) is 0 Å². The lowest BCUT2D eigenvalue weighted by atomic mass is 9.89. The third-order valence-electron chi connectivity index (χ3n) is 4.32. The predicted molar refractivity (Wildman–Crippen MR) is 76.4 cm³/mol. The SMILES string of the molecule is CNC1CCC(Cc2cc(Cl)ccc2OC)C1C. The molecular weight excluding hydrogens is 246 g/mol. The fourth-order valence-corrected chi connectivity index (χ4v) is 3.33. The summed E-state index contributed by atoms with van der Waals surface area (Å²) >= 11 is 6.08. The van der Waals surface area contributed by atoms with Crippen LogP contribution in [0.15, 0.2) is 18.2 Å². The van der Waals surface area contributed by atoms with Crippen LogP contribution < -0.4 is 10.1 Å². The molecule has 0 radical (unpaired) electrons. The molecule has 0 heterocycles. The van der Waals surface area contributed by atoms with Crippen LogP contribution in [0.25, 0.3) is 0 Å². The highest BCUT2D eigenvalue weighted by Crippen LogP contribution is 2.36. The van der Waals surface area contributed by atoms with Gasteiger partial charge in [-0.3, -0.25) is 0 Å². The molecule has 0 spiro atoms. The van der Waals surface area contributed by atoms with Crippen LogP contribution >= 0.6 is 11.6 Å². The van der Waals surface area contributed by atoms with Crippen molar-refractivity contribution in [2.24, 2.45) is 11.8 Å². The topological polar surface area (TPSA) is 21.3 Å². The standard InChI is InChI=1S/C15H22ClNO/c1-10-11(4-6-14(10)17-2)8-12-9-13(16)5-7-15(12)18-3/h5,7,9-11,14,17H,4,6,8H2,1-3H3. The van der Waals surface area contributed by atoms with Gasteiger partial charge in [-0.25, -0.2) is 0 Å². The monoisotopic (exact) mass is 267 g/mol. The largest absolute Gasteiger partial charge is 0.496 e. The first kappa shape index (κ1) is 13.7. The first-order chi connectivity index (χ1) is 8.65. The Morgan fingerprint density at radius 1 is 1.39 bits per heavy atom. The zero-order valence-corrected chi connectivity index (χ0v) is 12.1. The minimum atomic E-state index is 0.653. The number of hydrogen-bond donors (Lipinski definition) is 1. The molecule has 0 saturated heterocycles. The van der Waals surface area contributed by atoms with Crippen LogP contribution in [-0.2, 0) is 6.42 Å². The quantitative estimate of drug-likeness (QED) is 0.901. The highest BCUT2D eigenvalue weighted by molar-refractivity contribution is 6.30. The first-order valence-corrected chi connectivity index (χ1v) is 7.03. The minimum absolute atomic E-state index is 0.653. The van der Waals surface area contributed by atoms with Crippen LogP contribution in [-0.4, -0.2) is 20.2 Å². The van der Waals surface area contributed by atoms with Crippen molar-refractivity contribution >= 4 is 11.6 Å². The second-order valence-corrected chi connectivity index (χ2v) is 5.69. The van der Waals surface area contributed by atoms with E-state index in [-0.39, 0.29) is 0 Å². The Balaban J connectivity index is 2.12. The number of methoxy groups -OCH3 is 1. The summed E-state index contributed by atoms with van der Waals surface area (Å²) in [7, 11) is 3.78. The Labute approximate surface area is 115 Å². The maximum absolute atomic E-state index is 6.08. The Morgan fingerprint density at radius 2 is 2.17 bits per heavy atom. The highest BCUT2D eigenvalue weighted by atomic mass is 35.5. The maximum Gasteiger partial charge on any atom is 0.122 e. The van der Waals surface area contributed by atoms with E-state index in [1.165, 1.54) is 18.4 Å². The molecule has 0 bridgehead atoms. The number of hydrogen-bond acceptors (Lipinski definition) is 2. The Kier molecular flexibility index (Phi) is 4.52. The summed E-state index contributed by atoms with van der Waals surface area (Å²) in [6.07, 6.45) is 3.61. The molecule has 18 heavy (non-hydrogen) atoms. The smallest absolute Gasteiger partial charge is 0.122 e. The van der Waals surface area contributed by atoms with Crippen LogP contribution in [0.1, 0.15) is 25.3 Å². The molecule has 1 fully saturated rings. The van der Waals surface area contributed by atoms with E-state index in [1.807, 2.05) is 18.2 Å². The molecule has 1 aromatic carbocycles. The molecule has 1 aliphatic rings. The number of halogens is 1. The van der Waals surface area contributed by atoms with Gasteiger partial charge in [-0.05, 0) is 61.9 Å². The molecule has 1 aliphatic carbocycles. The third-order valence-corrected chi connectivity index (χ3v) is 4.56. The van der Waals surface area contributed by atoms with Gasteiger partial charge in [-0.2, -0.15) is 0 Å². The molecule has 3 atom stereocenters. The number of nitrogens with one attached hydrogen (secondary N) is 1. The summed E-state index contributed by atoms with van der Waals surface area (Å²) in [6.45, 7) is 2.34. The van der Waals surface area contributed by atoms with Gasteiger partial charge in [0.1, 0.15) is 5.75 Å². The van der Waals surface area contributed by atoms with Gasteiger partial charge in [0.05, 0.1) is 7.11 Å². The molecule has 3 unspecified atom stereocenters. The number of rotatable bonds is 4. The summed E-state index contributed by atoms with van der Waals surface area (Å²) in [5, 5.41) is 4.21. The molecule has 1 saturated carbocycles. The summed E-state index contributed by atoms with van der Waals surface area (Å²) in [5.41, 5.74) is 1.23. The molecule has 100 valence electrons. The fourth-order valence-electron chi connectivity index (χ4n) is 3.13. The summed E-state index contributed by atoms with van der Waals surface area (Å²) < 4.78 is 5.42. The Morgan fingerprint density at radius 3 is 2.78 bits per heavy atom. The van der Waals surface area contributed by atoms with Gasteiger partial charge < -0.3 is 10.1 Å². The van der Waals surface area contributed by atoms with E-state index in [0.717, 1.165) is 23.1 Å². The lowest BCUT2D eigenvalue weighted by Crippen LogP contribution is -2.29. The van der Waals surface area contributed by atoms with Crippen molar-refractivity contribution in [1.29, 1.82) is 0 Å². The van der Waals surface area contributed by atoms with E-state index in [9.17, 15) is 0 Å². The van der Waals surface area contributed by atoms with E-state index in [1.54, 1.807) is 7.11 Å².